The number of para-hydroxylation sites is 1. The Morgan fingerprint density at radius 2 is 1.94 bits per heavy atom. The Morgan fingerprint density at radius 1 is 1.28 bits per heavy atom. The maximum atomic E-state index is 12.3. The lowest BCUT2D eigenvalue weighted by Gasteiger charge is -2.26. The summed E-state index contributed by atoms with van der Waals surface area (Å²) in [7, 11) is -0.666. The first kappa shape index (κ1) is 13.0. The van der Waals surface area contributed by atoms with Gasteiger partial charge in [-0.3, -0.25) is 4.31 Å². The number of benzene rings is 1. The van der Waals surface area contributed by atoms with E-state index in [-0.39, 0.29) is 11.4 Å². The second kappa shape index (κ2) is 5.05. The van der Waals surface area contributed by atoms with Gasteiger partial charge in [0.25, 0.3) is 10.0 Å². The first-order valence-electron chi connectivity index (χ1n) is 5.30. The summed E-state index contributed by atoms with van der Waals surface area (Å²) in [5, 5.41) is 0. The zero-order chi connectivity index (χ0) is 13.2. The molecular formula is C11H14N2O4S. The van der Waals surface area contributed by atoms with E-state index in [9.17, 15) is 8.42 Å². The van der Waals surface area contributed by atoms with Crippen molar-refractivity contribution in [1.29, 1.82) is 0 Å². The van der Waals surface area contributed by atoms with Gasteiger partial charge in [0.05, 0.1) is 12.2 Å². The van der Waals surface area contributed by atoms with E-state index >= 15 is 0 Å². The van der Waals surface area contributed by atoms with E-state index in [2.05, 4.69) is 4.99 Å². The third-order valence-electron chi connectivity index (χ3n) is 2.63. The molecule has 0 aromatic heterocycles. The van der Waals surface area contributed by atoms with E-state index in [1.165, 1.54) is 26.6 Å². The van der Waals surface area contributed by atoms with Crippen molar-refractivity contribution in [2.45, 2.75) is 11.2 Å². The molecule has 1 aromatic rings. The quantitative estimate of drug-likeness (QED) is 0.764. The molecule has 0 bridgehead atoms. The number of nitrogens with zero attached hydrogens (tertiary/aromatic N) is 2. The van der Waals surface area contributed by atoms with Crippen molar-refractivity contribution in [1.82, 2.24) is 4.31 Å². The minimum atomic E-state index is -3.57. The molecule has 1 aliphatic heterocycles. The van der Waals surface area contributed by atoms with Gasteiger partial charge in [-0.1, -0.05) is 12.1 Å². The fourth-order valence-corrected chi connectivity index (χ4v) is 3.01. The zero-order valence-corrected chi connectivity index (χ0v) is 10.9. The molecule has 18 heavy (non-hydrogen) atoms. The maximum absolute atomic E-state index is 12.3. The molecule has 98 valence electrons. The van der Waals surface area contributed by atoms with E-state index in [0.717, 1.165) is 4.31 Å². The van der Waals surface area contributed by atoms with Crippen molar-refractivity contribution in [2.24, 2.45) is 4.99 Å². The summed E-state index contributed by atoms with van der Waals surface area (Å²) in [5.41, 5.74) is 0.445. The predicted molar refractivity (Wildman–Crippen MR) is 66.3 cm³/mol. The molecule has 1 heterocycles. The molecule has 0 fully saturated rings. The van der Waals surface area contributed by atoms with E-state index in [0.29, 0.717) is 5.69 Å². The van der Waals surface area contributed by atoms with Crippen LogP contribution in [0.5, 0.6) is 0 Å². The number of sulfonamides is 1. The van der Waals surface area contributed by atoms with E-state index in [1.807, 2.05) is 0 Å². The molecule has 2 rings (SSSR count). The van der Waals surface area contributed by atoms with Gasteiger partial charge in [-0.2, -0.15) is 0 Å². The van der Waals surface area contributed by atoms with Gasteiger partial charge in [0.15, 0.2) is 6.29 Å². The van der Waals surface area contributed by atoms with Crippen LogP contribution in [0.2, 0.25) is 0 Å². The Bertz CT molecular complexity index is 552. The molecule has 0 spiro atoms. The number of rotatable bonds is 4. The van der Waals surface area contributed by atoms with E-state index in [4.69, 9.17) is 9.47 Å². The molecule has 0 N–H and O–H groups in total. The fourth-order valence-electron chi connectivity index (χ4n) is 1.63. The van der Waals surface area contributed by atoms with Gasteiger partial charge in [-0.05, 0) is 12.1 Å². The summed E-state index contributed by atoms with van der Waals surface area (Å²) in [6.45, 7) is 0.0627. The first-order chi connectivity index (χ1) is 8.59. The number of hydrogen-bond donors (Lipinski definition) is 0. The molecule has 0 radical (unpaired) electrons. The molecule has 0 amide bonds. The lowest BCUT2D eigenvalue weighted by Crippen LogP contribution is -2.39. The van der Waals surface area contributed by atoms with Crippen molar-refractivity contribution >= 4 is 22.0 Å². The third kappa shape index (κ3) is 2.24. The highest BCUT2D eigenvalue weighted by molar-refractivity contribution is 7.89. The SMILES string of the molecule is COC(CN1C=Nc2ccccc2S1(=O)=O)OC. The third-order valence-corrected chi connectivity index (χ3v) is 4.39. The Kier molecular flexibility index (Phi) is 3.65. The number of fused-ring (bicyclic) bond motifs is 1. The number of ether oxygens (including phenoxy) is 2. The monoisotopic (exact) mass is 270 g/mol. The van der Waals surface area contributed by atoms with Crippen LogP contribution in [0.1, 0.15) is 0 Å². The van der Waals surface area contributed by atoms with Crippen molar-refractivity contribution in [2.75, 3.05) is 20.8 Å². The van der Waals surface area contributed by atoms with Crippen molar-refractivity contribution in [3.8, 4) is 0 Å². The molecule has 6 nitrogen and oxygen atoms in total. The minimum absolute atomic E-state index is 0.0627. The Hall–Kier alpha value is -1.44. The molecule has 0 atom stereocenters. The summed E-state index contributed by atoms with van der Waals surface area (Å²) in [5.74, 6) is 0. The smallest absolute Gasteiger partial charge is 0.267 e. The molecule has 0 aliphatic carbocycles. The first-order valence-corrected chi connectivity index (χ1v) is 6.74. The molecule has 1 aliphatic rings. The lowest BCUT2D eigenvalue weighted by molar-refractivity contribution is -0.103. The Morgan fingerprint density at radius 3 is 2.61 bits per heavy atom. The van der Waals surface area contributed by atoms with Crippen LogP contribution in [-0.2, 0) is 19.5 Å². The molecule has 0 saturated carbocycles. The number of methoxy groups -OCH3 is 2. The average Bonchev–Trinajstić information content (AvgIpc) is 2.38. The van der Waals surface area contributed by atoms with Crippen LogP contribution >= 0.6 is 0 Å². The van der Waals surface area contributed by atoms with Crippen LogP contribution in [0, 0.1) is 0 Å². The van der Waals surface area contributed by atoms with Gasteiger partial charge in [-0.15, -0.1) is 0 Å². The highest BCUT2D eigenvalue weighted by Crippen LogP contribution is 2.29. The van der Waals surface area contributed by atoms with Gasteiger partial charge in [0.2, 0.25) is 0 Å². The minimum Gasteiger partial charge on any atom is -0.354 e. The van der Waals surface area contributed by atoms with Gasteiger partial charge in [0, 0.05) is 14.2 Å². The standard InChI is InChI=1S/C11H14N2O4S/c1-16-11(17-2)7-13-8-12-9-5-3-4-6-10(9)18(13,14)15/h3-6,8,11H,7H2,1-2H3. The normalized spacial score (nSPS) is 16.9. The van der Waals surface area contributed by atoms with E-state index < -0.39 is 16.3 Å². The second-order valence-corrected chi connectivity index (χ2v) is 5.55. The molecule has 7 heteroatoms. The Labute approximate surface area is 106 Å². The van der Waals surface area contributed by atoms with Crippen molar-refractivity contribution in [3.05, 3.63) is 24.3 Å². The highest BCUT2D eigenvalue weighted by Gasteiger charge is 2.30. The molecule has 0 saturated heterocycles. The lowest BCUT2D eigenvalue weighted by atomic mass is 10.3. The number of hydrogen-bond acceptors (Lipinski definition) is 5. The van der Waals surface area contributed by atoms with Crippen LogP contribution in [0.3, 0.4) is 0 Å². The zero-order valence-electron chi connectivity index (χ0n) is 10.1. The van der Waals surface area contributed by atoms with Crippen molar-refractivity contribution < 1.29 is 17.9 Å². The number of aliphatic imine (C=N–C) groups is 1. The second-order valence-electron chi connectivity index (χ2n) is 3.69. The van der Waals surface area contributed by atoms with Crippen LogP contribution < -0.4 is 0 Å². The van der Waals surface area contributed by atoms with Crippen LogP contribution in [-0.4, -0.2) is 46.1 Å². The average molecular weight is 270 g/mol. The maximum Gasteiger partial charge on any atom is 0.267 e. The molecule has 0 unspecified atom stereocenters. The van der Waals surface area contributed by atoms with Crippen LogP contribution in [0.25, 0.3) is 0 Å². The van der Waals surface area contributed by atoms with Crippen LogP contribution in [0.4, 0.5) is 5.69 Å². The van der Waals surface area contributed by atoms with Crippen molar-refractivity contribution in [3.63, 3.8) is 0 Å². The van der Waals surface area contributed by atoms with E-state index in [1.54, 1.807) is 18.2 Å². The fraction of sp³-hybridized carbons (Fsp3) is 0.364. The largest absolute Gasteiger partial charge is 0.354 e. The predicted octanol–water partition coefficient (Wildman–Crippen LogP) is 0.970. The summed E-state index contributed by atoms with van der Waals surface area (Å²) in [6, 6.07) is 6.60. The van der Waals surface area contributed by atoms with Gasteiger partial charge in [-0.25, -0.2) is 13.4 Å². The molecular weight excluding hydrogens is 256 g/mol. The summed E-state index contributed by atoms with van der Waals surface area (Å²) < 4.78 is 35.7. The summed E-state index contributed by atoms with van der Waals surface area (Å²) >= 11 is 0. The summed E-state index contributed by atoms with van der Waals surface area (Å²) in [4.78, 5) is 4.30. The highest BCUT2D eigenvalue weighted by atomic mass is 32.2. The Balaban J connectivity index is 2.33. The summed E-state index contributed by atoms with van der Waals surface area (Å²) in [6.07, 6.45) is 0.652. The van der Waals surface area contributed by atoms with Gasteiger partial charge in [0.1, 0.15) is 11.2 Å². The molecule has 1 aromatic carbocycles. The van der Waals surface area contributed by atoms with Gasteiger partial charge < -0.3 is 9.47 Å². The topological polar surface area (TPSA) is 68.2 Å². The van der Waals surface area contributed by atoms with Crippen LogP contribution in [0.15, 0.2) is 34.2 Å². The van der Waals surface area contributed by atoms with Gasteiger partial charge >= 0.3 is 0 Å².